The van der Waals surface area contributed by atoms with E-state index >= 15 is 0 Å². The number of ether oxygens (including phenoxy) is 1. The quantitative estimate of drug-likeness (QED) is 0.923. The van der Waals surface area contributed by atoms with E-state index in [9.17, 15) is 9.59 Å². The van der Waals surface area contributed by atoms with E-state index in [0.717, 1.165) is 31.2 Å². The molecule has 1 aliphatic heterocycles. The highest BCUT2D eigenvalue weighted by atomic mass is 16.5. The van der Waals surface area contributed by atoms with Crippen molar-refractivity contribution in [3.8, 4) is 0 Å². The lowest BCUT2D eigenvalue weighted by Gasteiger charge is -2.38. The molecule has 5 nitrogen and oxygen atoms in total. The Morgan fingerprint density at radius 3 is 2.59 bits per heavy atom. The van der Waals surface area contributed by atoms with E-state index in [2.05, 4.69) is 5.32 Å². The first kappa shape index (κ1) is 15.0. The molecular formula is C17H22N2O3. The molecule has 1 N–H and O–H groups in total. The van der Waals surface area contributed by atoms with E-state index in [4.69, 9.17) is 4.74 Å². The van der Waals surface area contributed by atoms with Gasteiger partial charge in [-0.05, 0) is 18.4 Å². The highest BCUT2D eigenvalue weighted by Gasteiger charge is 2.40. The summed E-state index contributed by atoms with van der Waals surface area (Å²) in [5.41, 5.74) is 0.921. The number of morpholine rings is 1. The molecule has 2 unspecified atom stereocenters. The predicted octanol–water partition coefficient (Wildman–Crippen LogP) is 1.64. The number of carbonyl (C=O) groups is 2. The summed E-state index contributed by atoms with van der Waals surface area (Å²) in [5.74, 6) is -0.209. The third kappa shape index (κ3) is 2.99. The number of hydrogen-bond acceptors (Lipinski definition) is 3. The number of rotatable bonds is 3. The summed E-state index contributed by atoms with van der Waals surface area (Å²) < 4.78 is 5.60. The summed E-state index contributed by atoms with van der Waals surface area (Å²) in [5, 5.41) is 3.08. The summed E-state index contributed by atoms with van der Waals surface area (Å²) in [6.45, 7) is -0.0391. The summed E-state index contributed by atoms with van der Waals surface area (Å²) >= 11 is 0. The van der Waals surface area contributed by atoms with Crippen molar-refractivity contribution >= 4 is 11.8 Å². The van der Waals surface area contributed by atoms with Crippen LogP contribution in [0.3, 0.4) is 0 Å². The van der Waals surface area contributed by atoms with Crippen LogP contribution in [0, 0.1) is 0 Å². The van der Waals surface area contributed by atoms with Gasteiger partial charge in [-0.2, -0.15) is 0 Å². The Morgan fingerprint density at radius 1 is 1.23 bits per heavy atom. The van der Waals surface area contributed by atoms with Crippen molar-refractivity contribution in [1.82, 2.24) is 10.2 Å². The van der Waals surface area contributed by atoms with Gasteiger partial charge in [0.05, 0.1) is 6.04 Å². The number of amides is 2. The van der Waals surface area contributed by atoms with Gasteiger partial charge < -0.3 is 15.0 Å². The molecule has 5 heteroatoms. The minimum atomic E-state index is -0.648. The molecule has 1 aromatic carbocycles. The molecule has 118 valence electrons. The lowest BCUT2D eigenvalue weighted by Crippen LogP contribution is -2.54. The molecular weight excluding hydrogens is 280 g/mol. The van der Waals surface area contributed by atoms with Crippen LogP contribution >= 0.6 is 0 Å². The Hall–Kier alpha value is -1.88. The van der Waals surface area contributed by atoms with Crippen LogP contribution in [0.25, 0.3) is 0 Å². The van der Waals surface area contributed by atoms with Crippen molar-refractivity contribution in [3.63, 3.8) is 0 Å². The normalized spacial score (nSPS) is 26.2. The summed E-state index contributed by atoms with van der Waals surface area (Å²) in [6, 6.07) is 9.47. The average Bonchev–Trinajstić information content (AvgIpc) is 3.03. The minimum absolute atomic E-state index is 0.0391. The monoisotopic (exact) mass is 302 g/mol. The van der Waals surface area contributed by atoms with Crippen molar-refractivity contribution in [2.45, 2.75) is 43.9 Å². The van der Waals surface area contributed by atoms with E-state index in [-0.39, 0.29) is 30.5 Å². The smallest absolute Gasteiger partial charge is 0.251 e. The van der Waals surface area contributed by atoms with Crippen molar-refractivity contribution in [3.05, 3.63) is 35.9 Å². The van der Waals surface area contributed by atoms with Gasteiger partial charge >= 0.3 is 0 Å². The first-order valence-corrected chi connectivity index (χ1v) is 7.89. The van der Waals surface area contributed by atoms with Gasteiger partial charge in [-0.1, -0.05) is 43.2 Å². The molecule has 1 saturated heterocycles. The second-order valence-electron chi connectivity index (χ2n) is 6.08. The number of likely N-dealkylation sites (N-methyl/N-ethyl adjacent to an activating group) is 1. The van der Waals surface area contributed by atoms with E-state index in [1.54, 1.807) is 11.9 Å². The maximum atomic E-state index is 12.6. The molecule has 0 aromatic heterocycles. The van der Waals surface area contributed by atoms with Gasteiger partial charge in [0.2, 0.25) is 5.91 Å². The minimum Gasteiger partial charge on any atom is -0.356 e. The van der Waals surface area contributed by atoms with E-state index in [1.807, 2.05) is 30.3 Å². The Kier molecular flexibility index (Phi) is 4.43. The molecule has 1 aromatic rings. The zero-order valence-corrected chi connectivity index (χ0v) is 12.8. The molecule has 1 heterocycles. The largest absolute Gasteiger partial charge is 0.356 e. The zero-order valence-electron chi connectivity index (χ0n) is 12.8. The van der Waals surface area contributed by atoms with E-state index in [0.29, 0.717) is 0 Å². The topological polar surface area (TPSA) is 58.6 Å². The highest BCUT2D eigenvalue weighted by molar-refractivity contribution is 5.86. The highest BCUT2D eigenvalue weighted by Crippen LogP contribution is 2.29. The van der Waals surface area contributed by atoms with Crippen LogP contribution in [0.15, 0.2) is 30.3 Å². The number of nitrogens with zero attached hydrogens (tertiary/aromatic N) is 1. The second-order valence-corrected chi connectivity index (χ2v) is 6.08. The molecule has 0 radical (unpaired) electrons. The number of hydrogen-bond donors (Lipinski definition) is 1. The van der Waals surface area contributed by atoms with Crippen LogP contribution in [-0.2, 0) is 14.3 Å². The maximum absolute atomic E-state index is 12.6. The predicted molar refractivity (Wildman–Crippen MR) is 82.1 cm³/mol. The Morgan fingerprint density at radius 2 is 1.91 bits per heavy atom. The van der Waals surface area contributed by atoms with Crippen molar-refractivity contribution in [2.75, 3.05) is 13.7 Å². The standard InChI is InChI=1S/C17H22N2O3/c1-19-14(20)11-22-16(15(19)12-7-3-2-4-8-12)17(21)18-13-9-5-6-10-13/h2-4,7-8,13,15-16H,5-6,9-11H2,1H3,(H,18,21). The van der Waals surface area contributed by atoms with Crippen LogP contribution < -0.4 is 5.32 Å². The Balaban J connectivity index is 1.80. The Bertz CT molecular complexity index is 540. The van der Waals surface area contributed by atoms with Crippen LogP contribution in [0.4, 0.5) is 0 Å². The van der Waals surface area contributed by atoms with Crippen molar-refractivity contribution in [2.24, 2.45) is 0 Å². The molecule has 0 bridgehead atoms. The lowest BCUT2D eigenvalue weighted by molar-refractivity contribution is -0.162. The van der Waals surface area contributed by atoms with Crippen molar-refractivity contribution in [1.29, 1.82) is 0 Å². The van der Waals surface area contributed by atoms with Gasteiger partial charge in [0.1, 0.15) is 6.61 Å². The van der Waals surface area contributed by atoms with Crippen LogP contribution in [0.2, 0.25) is 0 Å². The molecule has 2 atom stereocenters. The maximum Gasteiger partial charge on any atom is 0.251 e. The fourth-order valence-corrected chi connectivity index (χ4v) is 3.33. The second kappa shape index (κ2) is 6.48. The van der Waals surface area contributed by atoms with Crippen molar-refractivity contribution < 1.29 is 14.3 Å². The summed E-state index contributed by atoms with van der Waals surface area (Å²) in [7, 11) is 1.73. The molecule has 2 fully saturated rings. The molecule has 1 aliphatic carbocycles. The lowest BCUT2D eigenvalue weighted by atomic mass is 9.97. The first-order chi connectivity index (χ1) is 10.7. The van der Waals surface area contributed by atoms with Crippen LogP contribution in [0.5, 0.6) is 0 Å². The molecule has 0 spiro atoms. The van der Waals surface area contributed by atoms with Gasteiger partial charge in [0.25, 0.3) is 5.91 Å². The third-order valence-electron chi connectivity index (χ3n) is 4.58. The van der Waals surface area contributed by atoms with Gasteiger partial charge in [-0.15, -0.1) is 0 Å². The molecule has 3 rings (SSSR count). The van der Waals surface area contributed by atoms with Gasteiger partial charge in [-0.25, -0.2) is 0 Å². The number of nitrogens with one attached hydrogen (secondary N) is 1. The fourth-order valence-electron chi connectivity index (χ4n) is 3.33. The van der Waals surface area contributed by atoms with E-state index in [1.165, 1.54) is 0 Å². The fraction of sp³-hybridized carbons (Fsp3) is 0.529. The average molecular weight is 302 g/mol. The van der Waals surface area contributed by atoms with Gasteiger partial charge in [0, 0.05) is 13.1 Å². The Labute approximate surface area is 130 Å². The summed E-state index contributed by atoms with van der Waals surface area (Å²) in [6.07, 6.45) is 3.74. The molecule has 2 aliphatic rings. The zero-order chi connectivity index (χ0) is 15.5. The van der Waals surface area contributed by atoms with Crippen LogP contribution in [-0.4, -0.2) is 42.5 Å². The van der Waals surface area contributed by atoms with E-state index < -0.39 is 6.10 Å². The SMILES string of the molecule is CN1C(=O)COC(C(=O)NC2CCCC2)C1c1ccccc1. The number of benzene rings is 1. The molecule has 2 amide bonds. The van der Waals surface area contributed by atoms with Gasteiger partial charge in [0.15, 0.2) is 6.10 Å². The number of carbonyl (C=O) groups excluding carboxylic acids is 2. The van der Waals surface area contributed by atoms with Crippen LogP contribution in [0.1, 0.15) is 37.3 Å². The molecule has 22 heavy (non-hydrogen) atoms. The summed E-state index contributed by atoms with van der Waals surface area (Å²) in [4.78, 5) is 26.2. The first-order valence-electron chi connectivity index (χ1n) is 7.89. The molecule has 1 saturated carbocycles. The third-order valence-corrected chi connectivity index (χ3v) is 4.58. The van der Waals surface area contributed by atoms with Gasteiger partial charge in [-0.3, -0.25) is 9.59 Å².